The van der Waals surface area contributed by atoms with Crippen molar-refractivity contribution in [2.24, 2.45) is 0 Å². The summed E-state index contributed by atoms with van der Waals surface area (Å²) in [5.74, 6) is 0.628. The van der Waals surface area contributed by atoms with Gasteiger partial charge in [0, 0.05) is 12.1 Å². The molecule has 1 saturated heterocycles. The Kier molecular flexibility index (Phi) is 3.04. The molecule has 0 unspecified atom stereocenters. The van der Waals surface area contributed by atoms with E-state index in [1.807, 2.05) is 0 Å². The maximum atomic E-state index is 13.2. The van der Waals surface area contributed by atoms with E-state index in [0.29, 0.717) is 35.8 Å². The lowest BCUT2D eigenvalue weighted by atomic mass is 10.1. The molecule has 5 nitrogen and oxygen atoms in total. The van der Waals surface area contributed by atoms with E-state index in [9.17, 15) is 9.50 Å². The van der Waals surface area contributed by atoms with Crippen LogP contribution in [-0.2, 0) is 0 Å². The second-order valence-corrected chi connectivity index (χ2v) is 4.77. The number of hydrogen-bond donors (Lipinski definition) is 2. The molecule has 19 heavy (non-hydrogen) atoms. The van der Waals surface area contributed by atoms with Gasteiger partial charge in [0.1, 0.15) is 5.82 Å². The molecule has 1 aromatic heterocycles. The second-order valence-electron chi connectivity index (χ2n) is 4.77. The number of nitrogens with one attached hydrogen (secondary N) is 1. The van der Waals surface area contributed by atoms with Gasteiger partial charge in [0.2, 0.25) is 11.7 Å². The Bertz CT molecular complexity index is 599. The third-order valence-electron chi connectivity index (χ3n) is 3.26. The Morgan fingerprint density at radius 1 is 1.47 bits per heavy atom. The molecule has 2 N–H and O–H groups in total. The van der Waals surface area contributed by atoms with Gasteiger partial charge in [0.25, 0.3) is 0 Å². The van der Waals surface area contributed by atoms with Gasteiger partial charge >= 0.3 is 0 Å². The highest BCUT2D eigenvalue weighted by Gasteiger charge is 2.28. The first-order valence-corrected chi connectivity index (χ1v) is 6.15. The fourth-order valence-corrected chi connectivity index (χ4v) is 2.18. The summed E-state index contributed by atoms with van der Waals surface area (Å²) < 4.78 is 18.4. The van der Waals surface area contributed by atoms with E-state index in [-0.39, 0.29) is 18.0 Å². The first kappa shape index (κ1) is 12.3. The normalized spacial score (nSPS) is 22.9. The summed E-state index contributed by atoms with van der Waals surface area (Å²) in [4.78, 5) is 4.29. The number of benzene rings is 1. The van der Waals surface area contributed by atoms with Gasteiger partial charge in [0.05, 0.1) is 12.1 Å². The number of halogens is 1. The summed E-state index contributed by atoms with van der Waals surface area (Å²) in [5.41, 5.74) is 1.26. The zero-order valence-electron chi connectivity index (χ0n) is 10.4. The highest BCUT2D eigenvalue weighted by Crippen LogP contribution is 2.25. The van der Waals surface area contributed by atoms with Gasteiger partial charge in [0.15, 0.2) is 0 Å². The molecule has 2 aromatic rings. The van der Waals surface area contributed by atoms with Crippen LogP contribution in [0.15, 0.2) is 22.7 Å². The molecule has 6 heteroatoms. The van der Waals surface area contributed by atoms with Crippen molar-refractivity contribution in [2.45, 2.75) is 25.5 Å². The van der Waals surface area contributed by atoms with Crippen LogP contribution in [0.25, 0.3) is 11.4 Å². The van der Waals surface area contributed by atoms with Crippen LogP contribution in [0.2, 0.25) is 0 Å². The summed E-state index contributed by atoms with van der Waals surface area (Å²) >= 11 is 0. The van der Waals surface area contributed by atoms with Crippen molar-refractivity contribution in [1.82, 2.24) is 15.5 Å². The fourth-order valence-electron chi connectivity index (χ4n) is 2.18. The largest absolute Gasteiger partial charge is 0.392 e. The van der Waals surface area contributed by atoms with Crippen molar-refractivity contribution in [3.63, 3.8) is 0 Å². The third-order valence-corrected chi connectivity index (χ3v) is 3.26. The minimum absolute atomic E-state index is 0.113. The highest BCUT2D eigenvalue weighted by molar-refractivity contribution is 5.55. The number of aliphatic hydroxyl groups is 1. The van der Waals surface area contributed by atoms with Gasteiger partial charge in [-0.3, -0.25) is 0 Å². The van der Waals surface area contributed by atoms with Gasteiger partial charge in [-0.2, -0.15) is 4.98 Å². The second kappa shape index (κ2) is 4.71. The maximum Gasteiger partial charge on any atom is 0.244 e. The van der Waals surface area contributed by atoms with E-state index in [4.69, 9.17) is 4.52 Å². The predicted octanol–water partition coefficient (Wildman–Crippen LogP) is 1.58. The molecular weight excluding hydrogens is 249 g/mol. The summed E-state index contributed by atoms with van der Waals surface area (Å²) in [5, 5.41) is 16.5. The first-order valence-electron chi connectivity index (χ1n) is 6.15. The van der Waals surface area contributed by atoms with Crippen LogP contribution >= 0.6 is 0 Å². The van der Waals surface area contributed by atoms with Crippen molar-refractivity contribution in [1.29, 1.82) is 0 Å². The van der Waals surface area contributed by atoms with Gasteiger partial charge in [-0.05, 0) is 37.1 Å². The van der Waals surface area contributed by atoms with Gasteiger partial charge in [-0.25, -0.2) is 4.39 Å². The van der Waals surface area contributed by atoms with Gasteiger partial charge < -0.3 is 14.9 Å². The lowest BCUT2D eigenvalue weighted by Crippen LogP contribution is -2.15. The number of β-amino-alcohol motifs (C(OH)–C–C–N with tert-alkyl or cyclic N) is 1. The van der Waals surface area contributed by atoms with Crippen LogP contribution in [0.5, 0.6) is 0 Å². The van der Waals surface area contributed by atoms with Gasteiger partial charge in [-0.1, -0.05) is 5.16 Å². The minimum atomic E-state index is -0.381. The first-order chi connectivity index (χ1) is 9.13. The zero-order valence-corrected chi connectivity index (χ0v) is 10.4. The molecule has 100 valence electrons. The lowest BCUT2D eigenvalue weighted by Gasteiger charge is -2.01. The van der Waals surface area contributed by atoms with E-state index >= 15 is 0 Å². The molecule has 0 saturated carbocycles. The predicted molar refractivity (Wildman–Crippen MR) is 65.8 cm³/mol. The molecule has 0 amide bonds. The summed E-state index contributed by atoms with van der Waals surface area (Å²) in [6, 6.07) is 4.57. The smallest absolute Gasteiger partial charge is 0.244 e. The fraction of sp³-hybridized carbons (Fsp3) is 0.385. The number of aliphatic hydroxyl groups excluding tert-OH is 1. The molecule has 3 rings (SSSR count). The van der Waals surface area contributed by atoms with Crippen LogP contribution in [-0.4, -0.2) is 27.9 Å². The van der Waals surface area contributed by atoms with Crippen LogP contribution in [0.3, 0.4) is 0 Å². The van der Waals surface area contributed by atoms with Crippen molar-refractivity contribution in [3.05, 3.63) is 35.5 Å². The highest BCUT2D eigenvalue weighted by atomic mass is 19.1. The number of nitrogens with zero attached hydrogens (tertiary/aromatic N) is 2. The summed E-state index contributed by atoms with van der Waals surface area (Å²) in [7, 11) is 0. The van der Waals surface area contributed by atoms with Crippen LogP contribution < -0.4 is 5.32 Å². The van der Waals surface area contributed by atoms with Crippen molar-refractivity contribution in [3.8, 4) is 11.4 Å². The monoisotopic (exact) mass is 263 g/mol. The number of rotatable bonds is 2. The quantitative estimate of drug-likeness (QED) is 0.860. The number of hydrogen-bond acceptors (Lipinski definition) is 5. The van der Waals surface area contributed by atoms with Crippen molar-refractivity contribution >= 4 is 0 Å². The third kappa shape index (κ3) is 2.36. The molecule has 0 radical (unpaired) electrons. The molecule has 1 fully saturated rings. The van der Waals surface area contributed by atoms with E-state index in [1.54, 1.807) is 19.1 Å². The van der Waals surface area contributed by atoms with E-state index in [2.05, 4.69) is 15.5 Å². The van der Waals surface area contributed by atoms with Crippen molar-refractivity contribution < 1.29 is 14.0 Å². The topological polar surface area (TPSA) is 71.2 Å². The Balaban J connectivity index is 1.86. The van der Waals surface area contributed by atoms with Crippen LogP contribution in [0.4, 0.5) is 4.39 Å². The van der Waals surface area contributed by atoms with Crippen LogP contribution in [0.1, 0.15) is 23.9 Å². The molecule has 1 aliphatic heterocycles. The molecule has 0 bridgehead atoms. The summed E-state index contributed by atoms with van der Waals surface area (Å²) in [6.07, 6.45) is 0.179. The number of aryl methyl sites for hydroxylation is 1. The van der Waals surface area contributed by atoms with E-state index < -0.39 is 0 Å². The maximum absolute atomic E-state index is 13.2. The molecule has 2 atom stereocenters. The molecule has 2 heterocycles. The average molecular weight is 263 g/mol. The zero-order chi connectivity index (χ0) is 13.4. The Morgan fingerprint density at radius 3 is 3.00 bits per heavy atom. The molecule has 0 spiro atoms. The Labute approximate surface area is 109 Å². The SMILES string of the molecule is Cc1cc(-c2noc([C@H]3C[C@@H](O)CN3)n2)ccc1F. The Morgan fingerprint density at radius 2 is 2.32 bits per heavy atom. The Hall–Kier alpha value is -1.79. The van der Waals surface area contributed by atoms with E-state index in [0.717, 1.165) is 0 Å². The molecular formula is C13H14FN3O2. The molecule has 1 aliphatic rings. The standard InChI is InChI=1S/C13H14FN3O2/c1-7-4-8(2-3-10(7)14)12-16-13(19-17-12)11-5-9(18)6-15-11/h2-4,9,11,15,18H,5-6H2,1H3/t9-,11-/m1/s1. The molecule has 0 aliphatic carbocycles. The minimum Gasteiger partial charge on any atom is -0.392 e. The summed E-state index contributed by atoms with van der Waals surface area (Å²) in [6.45, 7) is 2.22. The molecule has 1 aromatic carbocycles. The van der Waals surface area contributed by atoms with Crippen molar-refractivity contribution in [2.75, 3.05) is 6.54 Å². The average Bonchev–Trinajstić information content (AvgIpc) is 3.01. The van der Waals surface area contributed by atoms with E-state index in [1.165, 1.54) is 6.07 Å². The number of aromatic nitrogens is 2. The van der Waals surface area contributed by atoms with Crippen LogP contribution in [0, 0.1) is 12.7 Å². The lowest BCUT2D eigenvalue weighted by molar-refractivity contribution is 0.191. The van der Waals surface area contributed by atoms with Gasteiger partial charge in [-0.15, -0.1) is 0 Å².